The largest absolute Gasteiger partial charge is 0.486 e. The number of hydrogen-bond donors (Lipinski definition) is 0. The van der Waals surface area contributed by atoms with Gasteiger partial charge in [0, 0.05) is 42.1 Å². The number of halogens is 1. The molecule has 4 aromatic rings. The molecule has 0 aliphatic carbocycles. The minimum atomic E-state index is -0.270. The van der Waals surface area contributed by atoms with Crippen molar-refractivity contribution in [2.24, 2.45) is 0 Å². The lowest BCUT2D eigenvalue weighted by atomic mass is 10.1. The normalized spacial score (nSPS) is 15.6. The van der Waals surface area contributed by atoms with Crippen LogP contribution in [0.5, 0.6) is 5.75 Å². The molecule has 0 saturated heterocycles. The number of ether oxygens (including phenoxy) is 1. The lowest BCUT2D eigenvalue weighted by Crippen LogP contribution is -2.45. The summed E-state index contributed by atoms with van der Waals surface area (Å²) < 4.78 is 12.6. The van der Waals surface area contributed by atoms with Gasteiger partial charge in [-0.25, -0.2) is 0 Å². The molecule has 37 heavy (non-hydrogen) atoms. The molecular weight excluding hydrogens is 490 g/mol. The summed E-state index contributed by atoms with van der Waals surface area (Å²) in [6, 6.07) is 16.9. The van der Waals surface area contributed by atoms with Gasteiger partial charge in [-0.1, -0.05) is 29.8 Å². The second-order valence-electron chi connectivity index (χ2n) is 9.44. The van der Waals surface area contributed by atoms with Gasteiger partial charge in [0.25, 0.3) is 11.8 Å². The summed E-state index contributed by atoms with van der Waals surface area (Å²) in [5.41, 5.74) is 2.99. The van der Waals surface area contributed by atoms with E-state index in [0.29, 0.717) is 46.8 Å². The molecule has 1 atom stereocenters. The molecule has 0 spiro atoms. The van der Waals surface area contributed by atoms with E-state index in [2.05, 4.69) is 20.1 Å². The summed E-state index contributed by atoms with van der Waals surface area (Å²) in [6.07, 6.45) is 3.07. The van der Waals surface area contributed by atoms with E-state index in [1.807, 2.05) is 62.2 Å². The molecule has 2 aromatic heterocycles. The summed E-state index contributed by atoms with van der Waals surface area (Å²) in [5.74, 6) is 1.05. The molecule has 1 unspecified atom stereocenters. The molecule has 5 rings (SSSR count). The van der Waals surface area contributed by atoms with E-state index >= 15 is 0 Å². The van der Waals surface area contributed by atoms with E-state index in [4.69, 9.17) is 20.8 Å². The maximum atomic E-state index is 13.6. The van der Waals surface area contributed by atoms with Gasteiger partial charge in [-0.05, 0) is 62.9 Å². The van der Waals surface area contributed by atoms with Crippen LogP contribution in [0.15, 0.2) is 71.4 Å². The third-order valence-electron chi connectivity index (χ3n) is 6.28. The van der Waals surface area contributed by atoms with Crippen molar-refractivity contribution in [3.8, 4) is 28.7 Å². The Kier molecular flexibility index (Phi) is 7.21. The van der Waals surface area contributed by atoms with Gasteiger partial charge in [0.2, 0.25) is 5.89 Å². The topological polar surface area (TPSA) is 84.6 Å². The van der Waals surface area contributed by atoms with Crippen LogP contribution in [0.2, 0.25) is 5.02 Å². The van der Waals surface area contributed by atoms with Crippen molar-refractivity contribution >= 4 is 17.5 Å². The zero-order chi connectivity index (χ0) is 25.9. The first-order valence-electron chi connectivity index (χ1n) is 12.2. The smallest absolute Gasteiger partial charge is 0.258 e. The first-order valence-corrected chi connectivity index (χ1v) is 12.5. The Balaban J connectivity index is 1.46. The number of nitrogens with zero attached hydrogens (tertiary/aromatic N) is 5. The average molecular weight is 518 g/mol. The van der Waals surface area contributed by atoms with E-state index in [1.54, 1.807) is 30.6 Å². The molecule has 0 saturated carbocycles. The van der Waals surface area contributed by atoms with Crippen molar-refractivity contribution in [3.05, 3.63) is 83.1 Å². The summed E-state index contributed by atoms with van der Waals surface area (Å²) in [6.45, 7) is 5.82. The number of aromatic nitrogens is 3. The van der Waals surface area contributed by atoms with Crippen molar-refractivity contribution in [2.45, 2.75) is 32.5 Å². The van der Waals surface area contributed by atoms with Crippen molar-refractivity contribution in [1.82, 2.24) is 25.0 Å². The third kappa shape index (κ3) is 5.50. The van der Waals surface area contributed by atoms with Crippen LogP contribution in [0.3, 0.4) is 0 Å². The summed E-state index contributed by atoms with van der Waals surface area (Å²) in [5, 5.41) is 9.18. The Morgan fingerprint density at radius 1 is 1.03 bits per heavy atom. The summed E-state index contributed by atoms with van der Waals surface area (Å²) in [4.78, 5) is 21.7. The van der Waals surface area contributed by atoms with Crippen LogP contribution in [0.4, 0.5) is 0 Å². The Bertz CT molecular complexity index is 1370. The summed E-state index contributed by atoms with van der Waals surface area (Å²) >= 11 is 6.04. The number of carbonyl (C=O) groups is 1. The minimum absolute atomic E-state index is 0.0106. The molecule has 1 aliphatic heterocycles. The molecule has 0 N–H and O–H groups in total. The van der Waals surface area contributed by atoms with Gasteiger partial charge in [-0.3, -0.25) is 14.7 Å². The van der Waals surface area contributed by atoms with E-state index in [0.717, 1.165) is 17.7 Å². The van der Waals surface area contributed by atoms with Crippen molar-refractivity contribution in [1.29, 1.82) is 0 Å². The predicted molar refractivity (Wildman–Crippen MR) is 141 cm³/mol. The molecule has 1 amide bonds. The van der Waals surface area contributed by atoms with Gasteiger partial charge in [0.15, 0.2) is 0 Å². The van der Waals surface area contributed by atoms with E-state index in [1.165, 1.54) is 0 Å². The first-order chi connectivity index (χ1) is 17.9. The number of amides is 1. The predicted octanol–water partition coefficient (Wildman–Crippen LogP) is 5.20. The van der Waals surface area contributed by atoms with Gasteiger partial charge in [0.1, 0.15) is 11.9 Å². The highest BCUT2D eigenvalue weighted by molar-refractivity contribution is 6.30. The standard InChI is InChI=1S/C28H28ClN5O3/c1-18(2)34-17-22(16-33(3)15-19-7-9-21(29)10-8-19)36-25-23(5-4-6-24(25)28(34)35)27-32-31-26(37-27)20-11-13-30-14-12-20/h4-14,18,22H,15-17H2,1-3H3. The molecule has 190 valence electrons. The number of rotatable bonds is 7. The van der Waals surface area contributed by atoms with E-state index in [9.17, 15) is 4.79 Å². The van der Waals surface area contributed by atoms with E-state index in [-0.39, 0.29) is 18.1 Å². The number of carbonyl (C=O) groups excluding carboxylic acids is 1. The first kappa shape index (κ1) is 24.9. The highest BCUT2D eigenvalue weighted by Crippen LogP contribution is 2.37. The highest BCUT2D eigenvalue weighted by atomic mass is 35.5. The second kappa shape index (κ2) is 10.7. The zero-order valence-electron chi connectivity index (χ0n) is 21.0. The zero-order valence-corrected chi connectivity index (χ0v) is 21.7. The molecule has 9 heteroatoms. The monoisotopic (exact) mass is 517 g/mol. The van der Waals surface area contributed by atoms with Crippen LogP contribution in [0.25, 0.3) is 22.9 Å². The van der Waals surface area contributed by atoms with Crippen LogP contribution >= 0.6 is 11.6 Å². The SMILES string of the molecule is CC(C)N1CC(CN(C)Cc2ccc(Cl)cc2)Oc2c(cccc2-c2nnc(-c3ccncc3)o2)C1=O. The summed E-state index contributed by atoms with van der Waals surface area (Å²) in [7, 11) is 2.04. The Labute approximate surface area is 220 Å². The van der Waals surface area contributed by atoms with Gasteiger partial charge in [-0.15, -0.1) is 10.2 Å². The number of benzene rings is 2. The number of likely N-dealkylation sites (N-methyl/N-ethyl adjacent to an activating group) is 1. The van der Waals surface area contributed by atoms with Crippen LogP contribution in [-0.2, 0) is 6.54 Å². The molecule has 0 bridgehead atoms. The fraction of sp³-hybridized carbons (Fsp3) is 0.286. The number of hydrogen-bond acceptors (Lipinski definition) is 7. The second-order valence-corrected chi connectivity index (χ2v) is 9.88. The van der Waals surface area contributed by atoms with Crippen molar-refractivity contribution in [2.75, 3.05) is 20.1 Å². The lowest BCUT2D eigenvalue weighted by molar-refractivity contribution is 0.0604. The van der Waals surface area contributed by atoms with Crippen LogP contribution in [0, 0.1) is 0 Å². The number of pyridine rings is 1. The molecule has 1 aliphatic rings. The lowest BCUT2D eigenvalue weighted by Gasteiger charge is -2.30. The number of fused-ring (bicyclic) bond motifs is 1. The van der Waals surface area contributed by atoms with Crippen molar-refractivity contribution in [3.63, 3.8) is 0 Å². The number of para-hydroxylation sites is 1. The molecular formula is C28H28ClN5O3. The van der Waals surface area contributed by atoms with Crippen LogP contribution < -0.4 is 4.74 Å². The molecule has 3 heterocycles. The molecule has 2 aromatic carbocycles. The van der Waals surface area contributed by atoms with Crippen molar-refractivity contribution < 1.29 is 13.9 Å². The molecule has 0 radical (unpaired) electrons. The van der Waals surface area contributed by atoms with Gasteiger partial charge in [-0.2, -0.15) is 0 Å². The van der Waals surface area contributed by atoms with E-state index < -0.39 is 0 Å². The van der Waals surface area contributed by atoms with Gasteiger partial charge < -0.3 is 14.1 Å². The van der Waals surface area contributed by atoms with Crippen LogP contribution in [-0.4, -0.2) is 63.2 Å². The molecule has 8 nitrogen and oxygen atoms in total. The maximum Gasteiger partial charge on any atom is 0.258 e. The molecule has 0 fully saturated rings. The Hall–Kier alpha value is -3.75. The van der Waals surface area contributed by atoms with Gasteiger partial charge in [0.05, 0.1) is 17.7 Å². The highest BCUT2D eigenvalue weighted by Gasteiger charge is 2.33. The Morgan fingerprint density at radius 2 is 1.73 bits per heavy atom. The third-order valence-corrected chi connectivity index (χ3v) is 6.53. The fourth-order valence-electron chi connectivity index (χ4n) is 4.46. The minimum Gasteiger partial charge on any atom is -0.486 e. The quantitative estimate of drug-likeness (QED) is 0.333. The average Bonchev–Trinajstić information content (AvgIpc) is 3.33. The maximum absolute atomic E-state index is 13.6. The Morgan fingerprint density at radius 3 is 2.46 bits per heavy atom. The van der Waals surface area contributed by atoms with Crippen LogP contribution in [0.1, 0.15) is 29.8 Å². The fourth-order valence-corrected chi connectivity index (χ4v) is 4.58. The van der Waals surface area contributed by atoms with Gasteiger partial charge >= 0.3 is 0 Å².